The molecule has 4 rings (SSSR count). The molecule has 0 aromatic rings. The lowest BCUT2D eigenvalue weighted by Crippen LogP contribution is -2.32. The first-order chi connectivity index (χ1) is 8.48. The van der Waals surface area contributed by atoms with Gasteiger partial charge in [0, 0.05) is 17.4 Å². The predicted molar refractivity (Wildman–Crippen MR) is 68.8 cm³/mol. The molecule has 2 nitrogen and oxygen atoms in total. The highest BCUT2D eigenvalue weighted by Gasteiger charge is 2.72. The average Bonchev–Trinajstić information content (AvgIpc) is 2.65. The lowest BCUT2D eigenvalue weighted by atomic mass is 9.77. The highest BCUT2D eigenvalue weighted by Crippen LogP contribution is 2.78. The highest BCUT2D eigenvalue weighted by molar-refractivity contribution is 5.91. The van der Waals surface area contributed by atoms with Crippen LogP contribution in [-0.4, -0.2) is 12.1 Å². The molecule has 96 valence electrons. The maximum atomic E-state index is 11.8. The van der Waals surface area contributed by atoms with E-state index in [0.29, 0.717) is 16.7 Å². The number of allylic oxidation sites excluding steroid dienone is 1. The minimum atomic E-state index is -0.149. The summed E-state index contributed by atoms with van der Waals surface area (Å²) in [5, 5.41) is 0. The topological polar surface area (TPSA) is 26.3 Å². The Hall–Kier alpha value is -1.05. The molecule has 4 aliphatic rings. The molecule has 0 radical (unpaired) electrons. The molecule has 1 aliphatic heterocycles. The number of fused-ring (bicyclic) bond motifs is 2. The Bertz CT molecular complexity index is 503. The first kappa shape index (κ1) is 10.8. The number of rotatable bonds is 0. The maximum absolute atomic E-state index is 11.8. The summed E-state index contributed by atoms with van der Waals surface area (Å²) in [6.07, 6.45) is 7.26. The van der Waals surface area contributed by atoms with Gasteiger partial charge in [0.15, 0.2) is 0 Å². The molecular weight excluding hydrogens is 224 g/mol. The monoisotopic (exact) mass is 244 g/mol. The van der Waals surface area contributed by atoms with Crippen LogP contribution in [0.25, 0.3) is 0 Å². The molecule has 1 saturated heterocycles. The maximum Gasteiger partial charge on any atom is 0.334 e. The molecule has 0 aromatic carbocycles. The standard InChI is InChI=1S/C16H20O2/c1-9-4-7-16-8-15(16,3)6-5-11-10(2)14(17)18-13(11)12(9)16/h4,11-13H,2,5-8H2,1,3H3/t11-,12+,13-,15-,16-/m0/s1. The summed E-state index contributed by atoms with van der Waals surface area (Å²) >= 11 is 0. The van der Waals surface area contributed by atoms with Crippen LogP contribution in [0.4, 0.5) is 0 Å². The van der Waals surface area contributed by atoms with Crippen molar-refractivity contribution in [1.82, 2.24) is 0 Å². The van der Waals surface area contributed by atoms with Crippen LogP contribution in [0, 0.1) is 22.7 Å². The van der Waals surface area contributed by atoms with E-state index in [4.69, 9.17) is 4.74 Å². The summed E-state index contributed by atoms with van der Waals surface area (Å²) in [5.41, 5.74) is 3.04. The molecule has 3 fully saturated rings. The Kier molecular flexibility index (Phi) is 1.76. The van der Waals surface area contributed by atoms with Crippen molar-refractivity contribution in [3.63, 3.8) is 0 Å². The van der Waals surface area contributed by atoms with Crippen molar-refractivity contribution in [1.29, 1.82) is 0 Å². The quantitative estimate of drug-likeness (QED) is 0.371. The zero-order valence-corrected chi connectivity index (χ0v) is 11.2. The molecule has 1 spiro atoms. The Balaban J connectivity index is 1.81. The predicted octanol–water partition coefficient (Wildman–Crippen LogP) is 3.24. The summed E-state index contributed by atoms with van der Waals surface area (Å²) in [5.74, 6) is 0.577. The molecule has 0 N–H and O–H groups in total. The lowest BCUT2D eigenvalue weighted by molar-refractivity contribution is -0.141. The fraction of sp³-hybridized carbons (Fsp3) is 0.688. The molecule has 18 heavy (non-hydrogen) atoms. The molecule has 2 heteroatoms. The van der Waals surface area contributed by atoms with Gasteiger partial charge in [0.25, 0.3) is 0 Å². The smallest absolute Gasteiger partial charge is 0.334 e. The van der Waals surface area contributed by atoms with Gasteiger partial charge in [-0.05, 0) is 43.4 Å². The lowest BCUT2D eigenvalue weighted by Gasteiger charge is -2.29. The molecule has 2 saturated carbocycles. The fourth-order valence-electron chi connectivity index (χ4n) is 5.14. The minimum Gasteiger partial charge on any atom is -0.458 e. The number of carbonyl (C=O) groups is 1. The van der Waals surface area contributed by atoms with E-state index >= 15 is 0 Å². The molecule has 3 aliphatic carbocycles. The second-order valence-electron chi connectivity index (χ2n) is 7.06. The SMILES string of the molecule is C=C1C(=O)O[C@@H]2[C@H]3C(C)=CC[C@]34C[C@]4(C)CC[C@@H]12. The van der Waals surface area contributed by atoms with Crippen LogP contribution in [0.3, 0.4) is 0 Å². The Morgan fingerprint density at radius 2 is 2.28 bits per heavy atom. The van der Waals surface area contributed by atoms with E-state index in [0.717, 1.165) is 12.0 Å². The van der Waals surface area contributed by atoms with Crippen LogP contribution < -0.4 is 0 Å². The number of ether oxygens (including phenoxy) is 1. The van der Waals surface area contributed by atoms with Crippen molar-refractivity contribution < 1.29 is 9.53 Å². The zero-order valence-electron chi connectivity index (χ0n) is 11.2. The normalized spacial score (nSPS) is 53.0. The van der Waals surface area contributed by atoms with E-state index in [1.165, 1.54) is 24.8 Å². The van der Waals surface area contributed by atoms with Gasteiger partial charge in [-0.15, -0.1) is 0 Å². The van der Waals surface area contributed by atoms with Crippen LogP contribution in [-0.2, 0) is 9.53 Å². The van der Waals surface area contributed by atoms with Gasteiger partial charge < -0.3 is 4.74 Å². The number of carbonyl (C=O) groups excluding carboxylic acids is 1. The van der Waals surface area contributed by atoms with Gasteiger partial charge in [-0.2, -0.15) is 0 Å². The molecule has 0 unspecified atom stereocenters. The third-order valence-electron chi connectivity index (χ3n) is 6.34. The van der Waals surface area contributed by atoms with Crippen molar-refractivity contribution in [3.05, 3.63) is 23.8 Å². The average molecular weight is 244 g/mol. The summed E-state index contributed by atoms with van der Waals surface area (Å²) in [7, 11) is 0. The molecule has 0 amide bonds. The largest absolute Gasteiger partial charge is 0.458 e. The molecule has 0 bridgehead atoms. The van der Waals surface area contributed by atoms with Crippen LogP contribution in [0.1, 0.15) is 39.5 Å². The second-order valence-corrected chi connectivity index (χ2v) is 7.06. The summed E-state index contributed by atoms with van der Waals surface area (Å²) < 4.78 is 5.70. The number of hydrogen-bond acceptors (Lipinski definition) is 2. The summed E-state index contributed by atoms with van der Waals surface area (Å²) in [4.78, 5) is 11.8. The number of hydrogen-bond donors (Lipinski definition) is 0. The first-order valence-corrected chi connectivity index (χ1v) is 7.05. The Morgan fingerprint density at radius 3 is 3.06 bits per heavy atom. The van der Waals surface area contributed by atoms with Gasteiger partial charge in [0.2, 0.25) is 0 Å². The van der Waals surface area contributed by atoms with E-state index in [-0.39, 0.29) is 18.0 Å². The first-order valence-electron chi connectivity index (χ1n) is 7.05. The molecule has 0 aromatic heterocycles. The molecule has 5 atom stereocenters. The summed E-state index contributed by atoms with van der Waals surface area (Å²) in [6.45, 7) is 8.61. The highest BCUT2D eigenvalue weighted by atomic mass is 16.6. The van der Waals surface area contributed by atoms with Crippen molar-refractivity contribution >= 4 is 5.97 Å². The third kappa shape index (κ3) is 1.000. The van der Waals surface area contributed by atoms with Crippen molar-refractivity contribution in [3.8, 4) is 0 Å². The zero-order chi connectivity index (χ0) is 12.7. The van der Waals surface area contributed by atoms with Crippen LogP contribution in [0.2, 0.25) is 0 Å². The number of esters is 1. The van der Waals surface area contributed by atoms with Crippen molar-refractivity contribution in [2.75, 3.05) is 0 Å². The third-order valence-corrected chi connectivity index (χ3v) is 6.34. The fourth-order valence-corrected chi connectivity index (χ4v) is 5.14. The van der Waals surface area contributed by atoms with Gasteiger partial charge >= 0.3 is 5.97 Å². The Morgan fingerprint density at radius 1 is 1.50 bits per heavy atom. The van der Waals surface area contributed by atoms with Gasteiger partial charge in [-0.25, -0.2) is 4.79 Å². The van der Waals surface area contributed by atoms with Gasteiger partial charge in [-0.3, -0.25) is 0 Å². The van der Waals surface area contributed by atoms with Gasteiger partial charge in [-0.1, -0.05) is 25.2 Å². The van der Waals surface area contributed by atoms with Crippen LogP contribution in [0.5, 0.6) is 0 Å². The minimum absolute atomic E-state index is 0.0769. The van der Waals surface area contributed by atoms with Gasteiger partial charge in [0.05, 0.1) is 0 Å². The van der Waals surface area contributed by atoms with Crippen LogP contribution >= 0.6 is 0 Å². The molecule has 1 heterocycles. The van der Waals surface area contributed by atoms with Crippen LogP contribution in [0.15, 0.2) is 23.8 Å². The van der Waals surface area contributed by atoms with E-state index in [2.05, 4.69) is 26.5 Å². The Labute approximate surface area is 108 Å². The molecular formula is C16H20O2. The van der Waals surface area contributed by atoms with Crippen molar-refractivity contribution in [2.24, 2.45) is 22.7 Å². The van der Waals surface area contributed by atoms with Gasteiger partial charge in [0.1, 0.15) is 6.10 Å². The van der Waals surface area contributed by atoms with E-state index in [1.807, 2.05) is 0 Å². The second kappa shape index (κ2) is 2.92. The van der Waals surface area contributed by atoms with E-state index in [9.17, 15) is 4.79 Å². The van der Waals surface area contributed by atoms with Crippen molar-refractivity contribution in [2.45, 2.75) is 45.6 Å². The summed E-state index contributed by atoms with van der Waals surface area (Å²) in [6, 6.07) is 0. The van der Waals surface area contributed by atoms with E-state index < -0.39 is 0 Å². The van der Waals surface area contributed by atoms with E-state index in [1.54, 1.807) is 0 Å².